The van der Waals surface area contributed by atoms with Gasteiger partial charge in [-0.25, -0.2) is 0 Å². The molecule has 0 aliphatic carbocycles. The summed E-state index contributed by atoms with van der Waals surface area (Å²) in [7, 11) is 1.70. The molecule has 0 N–H and O–H groups in total. The third-order valence-corrected chi connectivity index (χ3v) is 7.09. The van der Waals surface area contributed by atoms with E-state index in [-0.39, 0.29) is 17.9 Å². The van der Waals surface area contributed by atoms with Crippen LogP contribution in [0.4, 0.5) is 0 Å². The molecule has 1 heterocycles. The second kappa shape index (κ2) is 14.6. The van der Waals surface area contributed by atoms with Gasteiger partial charge in [0.2, 0.25) is 0 Å². The number of aromatic nitrogens is 1. The highest BCUT2D eigenvalue weighted by molar-refractivity contribution is 6.16. The van der Waals surface area contributed by atoms with Crippen molar-refractivity contribution in [3.63, 3.8) is 0 Å². The second-order valence-corrected chi connectivity index (χ2v) is 10.7. The maximum Gasteiger partial charge on any atom is 0.305 e. The minimum absolute atomic E-state index is 0.0476. The first-order valence-electron chi connectivity index (χ1n) is 14.5. The average molecular weight is 556 g/mol. The molecule has 0 radical (unpaired) electrons. The standard InChI is InChI=1S/C35H41NO5/c1-5-40-34(37)11-8-21-36-24-31(30-9-6-7-10-32(30)36)35(38)28-16-18-29(19-17-28)41-33(20-22-39-4)27-14-12-26(13-15-27)23-25(2)3/h6-7,9-10,12-19,24-25,33H,5,8,11,20-23H2,1-4H3. The van der Waals surface area contributed by atoms with Crippen molar-refractivity contribution in [3.8, 4) is 5.75 Å². The lowest BCUT2D eigenvalue weighted by atomic mass is 9.99. The van der Waals surface area contributed by atoms with Gasteiger partial charge in [0.15, 0.2) is 5.78 Å². The van der Waals surface area contributed by atoms with Crippen molar-refractivity contribution < 1.29 is 23.8 Å². The molecule has 4 aromatic rings. The number of rotatable bonds is 15. The van der Waals surface area contributed by atoms with Crippen molar-refractivity contribution >= 4 is 22.7 Å². The molecule has 6 heteroatoms. The van der Waals surface area contributed by atoms with Crippen molar-refractivity contribution in [2.75, 3.05) is 20.3 Å². The summed E-state index contributed by atoms with van der Waals surface area (Å²) in [6.45, 7) is 7.84. The molecule has 0 saturated heterocycles. The molecular weight excluding hydrogens is 514 g/mol. The van der Waals surface area contributed by atoms with Crippen molar-refractivity contribution in [3.05, 3.63) is 101 Å². The van der Waals surface area contributed by atoms with E-state index in [9.17, 15) is 9.59 Å². The fourth-order valence-corrected chi connectivity index (χ4v) is 5.10. The van der Waals surface area contributed by atoms with Crippen LogP contribution in [0.25, 0.3) is 10.9 Å². The summed E-state index contributed by atoms with van der Waals surface area (Å²) in [5.41, 5.74) is 4.63. The maximum atomic E-state index is 13.6. The van der Waals surface area contributed by atoms with Crippen molar-refractivity contribution in [2.45, 2.75) is 59.1 Å². The molecule has 216 valence electrons. The predicted octanol–water partition coefficient (Wildman–Crippen LogP) is 7.57. The lowest BCUT2D eigenvalue weighted by molar-refractivity contribution is -0.143. The summed E-state index contributed by atoms with van der Waals surface area (Å²) in [6.07, 6.45) is 4.49. The van der Waals surface area contributed by atoms with Crippen molar-refractivity contribution in [2.24, 2.45) is 5.92 Å². The fourth-order valence-electron chi connectivity index (χ4n) is 5.10. The van der Waals surface area contributed by atoms with Crippen LogP contribution in [0, 0.1) is 5.92 Å². The molecular formula is C35H41NO5. The van der Waals surface area contributed by atoms with E-state index < -0.39 is 0 Å². The lowest BCUT2D eigenvalue weighted by Gasteiger charge is -2.20. The molecule has 0 aliphatic rings. The predicted molar refractivity (Wildman–Crippen MR) is 163 cm³/mol. The van der Waals surface area contributed by atoms with Gasteiger partial charge in [-0.05, 0) is 67.1 Å². The minimum atomic E-state index is -0.199. The first-order valence-corrected chi connectivity index (χ1v) is 14.5. The lowest BCUT2D eigenvalue weighted by Crippen LogP contribution is -2.11. The van der Waals surface area contributed by atoms with Gasteiger partial charge in [0.25, 0.3) is 0 Å². The number of para-hydroxylation sites is 1. The number of methoxy groups -OCH3 is 1. The molecule has 0 aliphatic heterocycles. The van der Waals surface area contributed by atoms with Crippen LogP contribution in [0.15, 0.2) is 79.0 Å². The van der Waals surface area contributed by atoms with E-state index in [0.717, 1.165) is 29.3 Å². The normalized spacial score (nSPS) is 12.0. The Kier molecular flexibility index (Phi) is 10.7. The highest BCUT2D eigenvalue weighted by Gasteiger charge is 2.18. The van der Waals surface area contributed by atoms with Gasteiger partial charge in [-0.1, -0.05) is 56.3 Å². The Morgan fingerprint density at radius 1 is 0.927 bits per heavy atom. The van der Waals surface area contributed by atoms with E-state index in [4.69, 9.17) is 14.2 Å². The summed E-state index contributed by atoms with van der Waals surface area (Å²) >= 11 is 0. The number of esters is 1. The number of benzene rings is 3. The van der Waals surface area contributed by atoms with E-state index in [1.165, 1.54) is 5.56 Å². The maximum absolute atomic E-state index is 13.6. The Bertz CT molecular complexity index is 1420. The number of ether oxygens (including phenoxy) is 3. The Morgan fingerprint density at radius 2 is 1.66 bits per heavy atom. The van der Waals surface area contributed by atoms with E-state index in [1.54, 1.807) is 14.0 Å². The summed E-state index contributed by atoms with van der Waals surface area (Å²) < 4.78 is 18.8. The Hall–Kier alpha value is -3.90. The Labute approximate surface area is 243 Å². The molecule has 0 bridgehead atoms. The van der Waals surface area contributed by atoms with Crippen molar-refractivity contribution in [1.82, 2.24) is 4.57 Å². The first kappa shape index (κ1) is 30.1. The smallest absolute Gasteiger partial charge is 0.305 e. The zero-order chi connectivity index (χ0) is 29.2. The van der Waals surface area contributed by atoms with Crippen LogP contribution < -0.4 is 4.74 Å². The summed E-state index contributed by atoms with van der Waals surface area (Å²) in [6, 6.07) is 23.9. The Morgan fingerprint density at radius 3 is 2.34 bits per heavy atom. The van der Waals surface area contributed by atoms with Crippen LogP contribution in [0.1, 0.15) is 73.2 Å². The molecule has 1 atom stereocenters. The van der Waals surface area contributed by atoms with Crippen molar-refractivity contribution in [1.29, 1.82) is 0 Å². The monoisotopic (exact) mass is 555 g/mol. The number of ketones is 1. The van der Waals surface area contributed by atoms with Crippen LogP contribution in [-0.4, -0.2) is 36.6 Å². The zero-order valence-corrected chi connectivity index (χ0v) is 24.6. The summed E-state index contributed by atoms with van der Waals surface area (Å²) in [5.74, 6) is 1.06. The van der Waals surface area contributed by atoms with Gasteiger partial charge < -0.3 is 18.8 Å². The number of nitrogens with zero attached hydrogens (tertiary/aromatic N) is 1. The van der Waals surface area contributed by atoms with Gasteiger partial charge >= 0.3 is 5.97 Å². The molecule has 3 aromatic carbocycles. The summed E-state index contributed by atoms with van der Waals surface area (Å²) in [5, 5.41) is 0.898. The van der Waals surface area contributed by atoms with Gasteiger partial charge in [0, 0.05) is 54.7 Å². The number of hydrogen-bond acceptors (Lipinski definition) is 5. The van der Waals surface area contributed by atoms with E-state index in [0.29, 0.717) is 55.4 Å². The highest BCUT2D eigenvalue weighted by Crippen LogP contribution is 2.28. The molecule has 1 aromatic heterocycles. The van der Waals surface area contributed by atoms with E-state index in [2.05, 4.69) is 38.1 Å². The molecule has 0 saturated carbocycles. The van der Waals surface area contributed by atoms with Crippen LogP contribution in [0.2, 0.25) is 0 Å². The SMILES string of the molecule is CCOC(=O)CCCn1cc(C(=O)c2ccc(OC(CCOC)c3ccc(CC(C)C)cc3)cc2)c2ccccc21. The number of carbonyl (C=O) groups is 2. The molecule has 0 spiro atoms. The Balaban J connectivity index is 1.48. The number of hydrogen-bond donors (Lipinski definition) is 0. The fraction of sp³-hybridized carbons (Fsp3) is 0.371. The number of fused-ring (bicyclic) bond motifs is 1. The van der Waals surface area contributed by atoms with Gasteiger partial charge in [0.1, 0.15) is 11.9 Å². The molecule has 4 rings (SSSR count). The molecule has 0 amide bonds. The highest BCUT2D eigenvalue weighted by atomic mass is 16.5. The molecule has 0 fully saturated rings. The van der Waals surface area contributed by atoms with E-state index in [1.807, 2.05) is 59.3 Å². The number of aryl methyl sites for hydroxylation is 1. The third kappa shape index (κ3) is 8.08. The van der Waals surface area contributed by atoms with E-state index >= 15 is 0 Å². The quantitative estimate of drug-likeness (QED) is 0.112. The molecule has 41 heavy (non-hydrogen) atoms. The van der Waals surface area contributed by atoms with Crippen LogP contribution in [0.5, 0.6) is 5.75 Å². The third-order valence-electron chi connectivity index (χ3n) is 7.09. The van der Waals surface area contributed by atoms with Crippen LogP contribution in [0.3, 0.4) is 0 Å². The van der Waals surface area contributed by atoms with Gasteiger partial charge in [-0.3, -0.25) is 9.59 Å². The van der Waals surface area contributed by atoms with Gasteiger partial charge in [-0.2, -0.15) is 0 Å². The average Bonchev–Trinajstić information content (AvgIpc) is 3.34. The van der Waals surface area contributed by atoms with Crippen LogP contribution >= 0.6 is 0 Å². The topological polar surface area (TPSA) is 66.8 Å². The largest absolute Gasteiger partial charge is 0.486 e. The molecule has 6 nitrogen and oxygen atoms in total. The summed E-state index contributed by atoms with van der Waals surface area (Å²) in [4.78, 5) is 25.4. The number of carbonyl (C=O) groups excluding carboxylic acids is 2. The zero-order valence-electron chi connectivity index (χ0n) is 24.6. The minimum Gasteiger partial charge on any atom is -0.486 e. The van der Waals surface area contributed by atoms with Crippen LogP contribution in [-0.2, 0) is 27.2 Å². The van der Waals surface area contributed by atoms with Gasteiger partial charge in [-0.15, -0.1) is 0 Å². The van der Waals surface area contributed by atoms with Gasteiger partial charge in [0.05, 0.1) is 13.2 Å². The first-order chi connectivity index (χ1) is 19.9. The molecule has 1 unspecified atom stereocenters. The second-order valence-electron chi connectivity index (χ2n) is 10.7.